The van der Waals surface area contributed by atoms with E-state index in [-0.39, 0.29) is 25.0 Å². The van der Waals surface area contributed by atoms with E-state index < -0.39 is 6.04 Å². The van der Waals surface area contributed by atoms with Crippen LogP contribution in [0.15, 0.2) is 59.1 Å². The first kappa shape index (κ1) is 24.4. The van der Waals surface area contributed by atoms with Crippen molar-refractivity contribution in [2.24, 2.45) is 0 Å². The van der Waals surface area contributed by atoms with Gasteiger partial charge in [0.2, 0.25) is 5.91 Å². The van der Waals surface area contributed by atoms with E-state index in [1.807, 2.05) is 43.3 Å². The number of nitrogens with one attached hydrogen (secondary N) is 1. The quantitative estimate of drug-likeness (QED) is 0.392. The molecule has 5 nitrogen and oxygen atoms in total. The summed E-state index contributed by atoms with van der Waals surface area (Å²) in [6, 6.07) is 16.0. The largest absolute Gasteiger partial charge is 0.483 e. The normalized spacial score (nSPS) is 11.8. The summed E-state index contributed by atoms with van der Waals surface area (Å²) in [7, 11) is 0. The summed E-state index contributed by atoms with van der Waals surface area (Å²) in [6.07, 6.45) is 0. The molecule has 0 bridgehead atoms. The molecule has 1 unspecified atom stereocenters. The van der Waals surface area contributed by atoms with Gasteiger partial charge in [0.15, 0.2) is 6.61 Å². The smallest absolute Gasteiger partial charge is 0.261 e. The first-order valence-corrected chi connectivity index (χ1v) is 11.7. The molecule has 0 saturated heterocycles. The third-order valence-corrected chi connectivity index (χ3v) is 6.61. The molecule has 32 heavy (non-hydrogen) atoms. The molecule has 0 aliphatic heterocycles. The lowest BCUT2D eigenvalue weighted by Crippen LogP contribution is -2.49. The Balaban J connectivity index is 1.83. The highest BCUT2D eigenvalue weighted by Gasteiger charge is 2.27. The summed E-state index contributed by atoms with van der Waals surface area (Å²) >= 11 is 16.2. The lowest BCUT2D eigenvalue weighted by Gasteiger charge is -2.29. The van der Waals surface area contributed by atoms with Crippen molar-refractivity contribution < 1.29 is 14.3 Å². The van der Waals surface area contributed by atoms with Gasteiger partial charge in [-0.25, -0.2) is 0 Å². The Hall–Kier alpha value is -2.28. The third kappa shape index (κ3) is 5.55. The number of fused-ring (bicyclic) bond motifs is 1. The fraction of sp³-hybridized carbons (Fsp3) is 0.250. The van der Waals surface area contributed by atoms with Gasteiger partial charge in [0, 0.05) is 28.7 Å². The average Bonchev–Trinajstić information content (AvgIpc) is 2.78. The molecule has 3 aromatic rings. The molecule has 0 heterocycles. The minimum atomic E-state index is -0.738. The van der Waals surface area contributed by atoms with Gasteiger partial charge < -0.3 is 15.0 Å². The molecular formula is C24H23BrCl2N2O3. The Bertz CT molecular complexity index is 1120. The first-order chi connectivity index (χ1) is 15.3. The SMILES string of the molecule is CCNC(=O)C(C)N(Cc1c(Cl)cccc1Cl)C(=O)COc1ccc2ccccc2c1Br. The second kappa shape index (κ2) is 11.0. The Morgan fingerprint density at radius 3 is 2.44 bits per heavy atom. The van der Waals surface area contributed by atoms with Crippen molar-refractivity contribution in [3.8, 4) is 5.75 Å². The van der Waals surface area contributed by atoms with E-state index >= 15 is 0 Å². The first-order valence-electron chi connectivity index (χ1n) is 10.1. The molecule has 3 rings (SSSR count). The van der Waals surface area contributed by atoms with Gasteiger partial charge in [0.25, 0.3) is 5.91 Å². The Morgan fingerprint density at radius 1 is 1.06 bits per heavy atom. The summed E-state index contributed by atoms with van der Waals surface area (Å²) in [5.41, 5.74) is 0.576. The fourth-order valence-corrected chi connectivity index (χ4v) is 4.43. The van der Waals surface area contributed by atoms with Crippen LogP contribution in [0.4, 0.5) is 0 Å². The van der Waals surface area contributed by atoms with Gasteiger partial charge in [-0.2, -0.15) is 0 Å². The van der Waals surface area contributed by atoms with Crippen LogP contribution < -0.4 is 10.1 Å². The van der Waals surface area contributed by atoms with Gasteiger partial charge in [-0.1, -0.05) is 59.6 Å². The van der Waals surface area contributed by atoms with Crippen molar-refractivity contribution in [1.82, 2.24) is 10.2 Å². The average molecular weight is 538 g/mol. The molecule has 0 aromatic heterocycles. The van der Waals surface area contributed by atoms with Crippen LogP contribution in [0.25, 0.3) is 10.8 Å². The molecule has 1 N–H and O–H groups in total. The minimum absolute atomic E-state index is 0.0812. The molecule has 0 aliphatic carbocycles. The zero-order chi connectivity index (χ0) is 23.3. The lowest BCUT2D eigenvalue weighted by atomic mass is 10.1. The van der Waals surface area contributed by atoms with E-state index in [2.05, 4.69) is 21.2 Å². The topological polar surface area (TPSA) is 58.6 Å². The number of likely N-dealkylation sites (N-methyl/N-ethyl adjacent to an activating group) is 1. The lowest BCUT2D eigenvalue weighted by molar-refractivity contribution is -0.142. The van der Waals surface area contributed by atoms with Crippen LogP contribution >= 0.6 is 39.1 Å². The Morgan fingerprint density at radius 2 is 1.75 bits per heavy atom. The number of rotatable bonds is 8. The van der Waals surface area contributed by atoms with E-state index in [1.54, 1.807) is 25.1 Å². The van der Waals surface area contributed by atoms with E-state index in [0.717, 1.165) is 15.2 Å². The number of ether oxygens (including phenoxy) is 1. The van der Waals surface area contributed by atoms with Crippen LogP contribution in [0.3, 0.4) is 0 Å². The minimum Gasteiger partial charge on any atom is -0.483 e. The number of nitrogens with zero attached hydrogens (tertiary/aromatic N) is 1. The maximum Gasteiger partial charge on any atom is 0.261 e. The fourth-order valence-electron chi connectivity index (χ4n) is 3.31. The molecular weight excluding hydrogens is 515 g/mol. The molecule has 168 valence electrons. The van der Waals surface area contributed by atoms with Crippen molar-refractivity contribution in [2.75, 3.05) is 13.2 Å². The van der Waals surface area contributed by atoms with Gasteiger partial charge in [-0.3, -0.25) is 9.59 Å². The number of benzene rings is 3. The van der Waals surface area contributed by atoms with Crippen molar-refractivity contribution in [2.45, 2.75) is 26.4 Å². The van der Waals surface area contributed by atoms with Crippen molar-refractivity contribution >= 4 is 61.7 Å². The van der Waals surface area contributed by atoms with Crippen LogP contribution in [0.2, 0.25) is 10.0 Å². The molecule has 0 aliphatic rings. The van der Waals surface area contributed by atoms with Gasteiger partial charge in [0.1, 0.15) is 11.8 Å². The van der Waals surface area contributed by atoms with Gasteiger partial charge in [-0.15, -0.1) is 0 Å². The summed E-state index contributed by atoms with van der Waals surface area (Å²) in [4.78, 5) is 27.1. The summed E-state index contributed by atoms with van der Waals surface area (Å²) in [5, 5.41) is 5.64. The summed E-state index contributed by atoms with van der Waals surface area (Å²) in [5.74, 6) is -0.0888. The van der Waals surface area contributed by atoms with E-state index in [1.165, 1.54) is 4.90 Å². The molecule has 0 saturated carbocycles. The van der Waals surface area contributed by atoms with Crippen LogP contribution in [-0.4, -0.2) is 35.9 Å². The van der Waals surface area contributed by atoms with E-state index in [0.29, 0.717) is 27.9 Å². The van der Waals surface area contributed by atoms with Gasteiger partial charge >= 0.3 is 0 Å². The molecule has 0 radical (unpaired) electrons. The van der Waals surface area contributed by atoms with Gasteiger partial charge in [-0.05, 0) is 58.7 Å². The number of carbonyl (C=O) groups is 2. The monoisotopic (exact) mass is 536 g/mol. The third-order valence-electron chi connectivity index (χ3n) is 5.09. The molecule has 1 atom stereocenters. The standard InChI is InChI=1S/C24H23BrCl2N2O3/c1-3-28-24(31)15(2)29(13-18-19(26)9-6-10-20(18)27)22(30)14-32-21-12-11-16-7-4-5-8-17(16)23(21)25/h4-12,15H,3,13-14H2,1-2H3,(H,28,31). The Labute approximate surface area is 205 Å². The maximum absolute atomic E-state index is 13.2. The molecule has 0 spiro atoms. The number of hydrogen-bond donors (Lipinski definition) is 1. The highest BCUT2D eigenvalue weighted by molar-refractivity contribution is 9.10. The van der Waals surface area contributed by atoms with E-state index in [9.17, 15) is 9.59 Å². The zero-order valence-electron chi connectivity index (χ0n) is 17.7. The molecule has 3 aromatic carbocycles. The molecule has 8 heteroatoms. The van der Waals surface area contributed by atoms with Crippen molar-refractivity contribution in [3.05, 3.63) is 74.7 Å². The molecule has 0 fully saturated rings. The number of carbonyl (C=O) groups excluding carboxylic acids is 2. The second-order valence-corrected chi connectivity index (χ2v) is 8.79. The Kier molecular flexibility index (Phi) is 8.40. The van der Waals surface area contributed by atoms with Crippen LogP contribution in [0, 0.1) is 0 Å². The predicted molar refractivity (Wildman–Crippen MR) is 132 cm³/mol. The maximum atomic E-state index is 13.2. The van der Waals surface area contributed by atoms with Crippen LogP contribution in [-0.2, 0) is 16.1 Å². The summed E-state index contributed by atoms with van der Waals surface area (Å²) < 4.78 is 6.60. The predicted octanol–water partition coefficient (Wildman–Crippen LogP) is 5.84. The highest BCUT2D eigenvalue weighted by atomic mass is 79.9. The van der Waals surface area contributed by atoms with E-state index in [4.69, 9.17) is 27.9 Å². The highest BCUT2D eigenvalue weighted by Crippen LogP contribution is 2.33. The number of halogens is 3. The van der Waals surface area contributed by atoms with Crippen LogP contribution in [0.1, 0.15) is 19.4 Å². The van der Waals surface area contributed by atoms with Crippen molar-refractivity contribution in [3.63, 3.8) is 0 Å². The van der Waals surface area contributed by atoms with Gasteiger partial charge in [0.05, 0.1) is 4.47 Å². The van der Waals surface area contributed by atoms with Crippen molar-refractivity contribution in [1.29, 1.82) is 0 Å². The molecule has 2 amide bonds. The summed E-state index contributed by atoms with van der Waals surface area (Å²) in [6.45, 7) is 3.78. The second-order valence-electron chi connectivity index (χ2n) is 7.18. The van der Waals surface area contributed by atoms with Crippen LogP contribution in [0.5, 0.6) is 5.75 Å². The number of amides is 2. The zero-order valence-corrected chi connectivity index (χ0v) is 20.8. The number of hydrogen-bond acceptors (Lipinski definition) is 3.